The highest BCUT2D eigenvalue weighted by Gasteiger charge is 2.23. The number of alkyl carbamates (subject to hydrolysis) is 1. The van der Waals surface area contributed by atoms with Gasteiger partial charge in [0.25, 0.3) is 0 Å². The number of aliphatic hydroxyl groups is 1. The highest BCUT2D eigenvalue weighted by molar-refractivity contribution is 7.99. The van der Waals surface area contributed by atoms with Gasteiger partial charge in [-0.25, -0.2) is 9.59 Å². The fourth-order valence-electron chi connectivity index (χ4n) is 1.76. The number of unbranched alkanes of at least 4 members (excludes halogenated alkanes) is 1. The molecule has 2 N–H and O–H groups in total. The van der Waals surface area contributed by atoms with Crippen molar-refractivity contribution in [2.75, 3.05) is 24.7 Å². The van der Waals surface area contributed by atoms with Gasteiger partial charge in [0, 0.05) is 11.5 Å². The summed E-state index contributed by atoms with van der Waals surface area (Å²) in [6, 6.07) is 8.50. The van der Waals surface area contributed by atoms with Crippen molar-refractivity contribution in [2.45, 2.75) is 32.4 Å². The monoisotopic (exact) mass is 355 g/mol. The second-order valence-corrected chi connectivity index (χ2v) is 6.23. The molecule has 0 saturated heterocycles. The summed E-state index contributed by atoms with van der Waals surface area (Å²) in [5.41, 5.74) is 0.865. The van der Waals surface area contributed by atoms with Crippen LogP contribution in [0.3, 0.4) is 0 Å². The van der Waals surface area contributed by atoms with Gasteiger partial charge < -0.3 is 19.9 Å². The smallest absolute Gasteiger partial charge is 0.408 e. The Morgan fingerprint density at radius 1 is 1.25 bits per heavy atom. The molecule has 1 aromatic carbocycles. The van der Waals surface area contributed by atoms with Crippen LogP contribution >= 0.6 is 11.8 Å². The van der Waals surface area contributed by atoms with Crippen LogP contribution in [0.5, 0.6) is 0 Å². The van der Waals surface area contributed by atoms with Crippen LogP contribution in [-0.2, 0) is 20.9 Å². The Morgan fingerprint density at radius 2 is 2.00 bits per heavy atom. The molecule has 0 bridgehead atoms. The van der Waals surface area contributed by atoms with Crippen LogP contribution in [0.15, 0.2) is 30.3 Å². The van der Waals surface area contributed by atoms with E-state index in [0.29, 0.717) is 18.1 Å². The van der Waals surface area contributed by atoms with E-state index in [4.69, 9.17) is 14.6 Å². The minimum atomic E-state index is -0.790. The summed E-state index contributed by atoms with van der Waals surface area (Å²) >= 11 is 1.36. The Bertz CT molecular complexity index is 483. The maximum atomic E-state index is 12.1. The van der Waals surface area contributed by atoms with Crippen molar-refractivity contribution in [3.05, 3.63) is 35.9 Å². The average molecular weight is 355 g/mol. The number of amides is 1. The number of benzene rings is 1. The van der Waals surface area contributed by atoms with Gasteiger partial charge in [-0.1, -0.05) is 43.7 Å². The van der Waals surface area contributed by atoms with E-state index in [-0.39, 0.29) is 13.2 Å². The van der Waals surface area contributed by atoms with Crippen molar-refractivity contribution in [1.29, 1.82) is 0 Å². The van der Waals surface area contributed by atoms with Crippen LogP contribution < -0.4 is 5.32 Å². The molecule has 0 saturated carbocycles. The lowest BCUT2D eigenvalue weighted by molar-refractivity contribution is -0.145. The third kappa shape index (κ3) is 8.79. The van der Waals surface area contributed by atoms with Crippen LogP contribution in [-0.4, -0.2) is 47.9 Å². The van der Waals surface area contributed by atoms with Gasteiger partial charge in [-0.05, 0) is 12.0 Å². The third-order valence-electron chi connectivity index (χ3n) is 3.05. The van der Waals surface area contributed by atoms with Crippen molar-refractivity contribution in [2.24, 2.45) is 0 Å². The highest BCUT2D eigenvalue weighted by atomic mass is 32.2. The van der Waals surface area contributed by atoms with Crippen molar-refractivity contribution >= 4 is 23.8 Å². The molecule has 0 fully saturated rings. The zero-order valence-electron chi connectivity index (χ0n) is 13.9. The third-order valence-corrected chi connectivity index (χ3v) is 4.09. The number of aliphatic hydroxyl groups excluding tert-OH is 1. The minimum absolute atomic E-state index is 0.0146. The summed E-state index contributed by atoms with van der Waals surface area (Å²) in [7, 11) is 0. The van der Waals surface area contributed by atoms with Crippen molar-refractivity contribution < 1.29 is 24.2 Å². The zero-order valence-corrected chi connectivity index (χ0v) is 14.7. The van der Waals surface area contributed by atoms with E-state index in [1.807, 2.05) is 37.3 Å². The molecule has 1 rings (SSSR count). The fourth-order valence-corrected chi connectivity index (χ4v) is 2.51. The van der Waals surface area contributed by atoms with Gasteiger partial charge in [-0.15, -0.1) is 0 Å². The molecular formula is C17H25NO5S. The molecule has 0 unspecified atom stereocenters. The molecule has 7 heteroatoms. The van der Waals surface area contributed by atoms with Gasteiger partial charge in [0.2, 0.25) is 0 Å². The summed E-state index contributed by atoms with van der Waals surface area (Å²) in [5.74, 6) is 0.330. The largest absolute Gasteiger partial charge is 0.464 e. The van der Waals surface area contributed by atoms with E-state index in [0.717, 1.165) is 18.4 Å². The maximum Gasteiger partial charge on any atom is 0.408 e. The first kappa shape index (κ1) is 20.3. The van der Waals surface area contributed by atoms with Crippen LogP contribution in [0.2, 0.25) is 0 Å². The molecule has 0 aliphatic heterocycles. The molecule has 6 nitrogen and oxygen atoms in total. The highest BCUT2D eigenvalue weighted by Crippen LogP contribution is 2.06. The van der Waals surface area contributed by atoms with E-state index in [2.05, 4.69) is 5.32 Å². The predicted molar refractivity (Wildman–Crippen MR) is 93.8 cm³/mol. The topological polar surface area (TPSA) is 84.9 Å². The number of hydrogen-bond acceptors (Lipinski definition) is 6. The molecule has 0 radical (unpaired) electrons. The van der Waals surface area contributed by atoms with Gasteiger partial charge in [-0.2, -0.15) is 11.8 Å². The summed E-state index contributed by atoms with van der Waals surface area (Å²) in [4.78, 5) is 23.9. The Labute approximate surface area is 146 Å². The fraction of sp³-hybridized carbons (Fsp3) is 0.529. The minimum Gasteiger partial charge on any atom is -0.464 e. The van der Waals surface area contributed by atoms with Gasteiger partial charge in [0.1, 0.15) is 12.6 Å². The van der Waals surface area contributed by atoms with Crippen molar-refractivity contribution in [3.63, 3.8) is 0 Å². The standard InChI is InChI=1S/C17H25NO5S/c1-2-3-10-22-16(20)15(13-24-11-9-19)18-17(21)23-12-14-7-5-4-6-8-14/h4-8,15,19H,2-3,9-13H2,1H3,(H,18,21)/t15-/m0/s1. The van der Waals surface area contributed by atoms with Crippen molar-refractivity contribution in [3.8, 4) is 0 Å². The lowest BCUT2D eigenvalue weighted by Gasteiger charge is -2.17. The molecular weight excluding hydrogens is 330 g/mol. The average Bonchev–Trinajstić information content (AvgIpc) is 2.60. The maximum absolute atomic E-state index is 12.1. The molecule has 0 aliphatic rings. The molecule has 1 amide bonds. The molecule has 0 spiro atoms. The summed E-state index contributed by atoms with van der Waals surface area (Å²) in [5, 5.41) is 11.4. The number of ether oxygens (including phenoxy) is 2. The Balaban J connectivity index is 2.45. The number of esters is 1. The van der Waals surface area contributed by atoms with Crippen LogP contribution in [0.4, 0.5) is 4.79 Å². The predicted octanol–water partition coefficient (Wildman–Crippen LogP) is 2.35. The lowest BCUT2D eigenvalue weighted by Crippen LogP contribution is -2.44. The van der Waals surface area contributed by atoms with E-state index >= 15 is 0 Å². The number of carbonyl (C=O) groups excluding carboxylic acids is 2. The molecule has 1 aromatic rings. The Hall–Kier alpha value is -1.73. The van der Waals surface area contributed by atoms with Crippen LogP contribution in [0.25, 0.3) is 0 Å². The number of rotatable bonds is 11. The van der Waals surface area contributed by atoms with Gasteiger partial charge in [-0.3, -0.25) is 0 Å². The Morgan fingerprint density at radius 3 is 2.67 bits per heavy atom. The number of thioether (sulfide) groups is 1. The summed E-state index contributed by atoms with van der Waals surface area (Å²) < 4.78 is 10.3. The van der Waals surface area contributed by atoms with Gasteiger partial charge in [0.05, 0.1) is 13.2 Å². The van der Waals surface area contributed by atoms with E-state index in [9.17, 15) is 9.59 Å². The summed E-state index contributed by atoms with van der Waals surface area (Å²) in [6.07, 6.45) is 1.03. The number of nitrogens with one attached hydrogen (secondary N) is 1. The van der Waals surface area contributed by atoms with Crippen LogP contribution in [0.1, 0.15) is 25.3 Å². The number of hydrogen-bond donors (Lipinski definition) is 2. The molecule has 0 aliphatic carbocycles. The van der Waals surface area contributed by atoms with Gasteiger partial charge >= 0.3 is 12.1 Å². The zero-order chi connectivity index (χ0) is 17.6. The van der Waals surface area contributed by atoms with E-state index < -0.39 is 18.1 Å². The van der Waals surface area contributed by atoms with E-state index in [1.54, 1.807) is 0 Å². The Kier molecular flexibility index (Phi) is 10.7. The van der Waals surface area contributed by atoms with Gasteiger partial charge in [0.15, 0.2) is 0 Å². The van der Waals surface area contributed by atoms with E-state index in [1.165, 1.54) is 11.8 Å². The first-order chi connectivity index (χ1) is 11.7. The molecule has 24 heavy (non-hydrogen) atoms. The first-order valence-corrected chi connectivity index (χ1v) is 9.15. The molecule has 134 valence electrons. The first-order valence-electron chi connectivity index (χ1n) is 7.99. The second-order valence-electron chi connectivity index (χ2n) is 5.08. The lowest BCUT2D eigenvalue weighted by atomic mass is 10.2. The molecule has 0 heterocycles. The SMILES string of the molecule is CCCCOC(=O)[C@H](CSCCO)NC(=O)OCc1ccccc1. The van der Waals surface area contributed by atoms with Crippen molar-refractivity contribution in [1.82, 2.24) is 5.32 Å². The quantitative estimate of drug-likeness (QED) is 0.468. The summed E-state index contributed by atoms with van der Waals surface area (Å²) in [6.45, 7) is 2.48. The molecule has 1 atom stereocenters. The molecule has 0 aromatic heterocycles. The second kappa shape index (κ2) is 12.7. The normalized spacial score (nSPS) is 11.6. The number of carbonyl (C=O) groups is 2. The van der Waals surface area contributed by atoms with Crippen LogP contribution in [0, 0.1) is 0 Å².